The van der Waals surface area contributed by atoms with Crippen LogP contribution in [0.3, 0.4) is 0 Å². The lowest BCUT2D eigenvalue weighted by Crippen LogP contribution is -2.14. The highest BCUT2D eigenvalue weighted by molar-refractivity contribution is 7.92. The van der Waals surface area contributed by atoms with Gasteiger partial charge in [0.15, 0.2) is 0 Å². The van der Waals surface area contributed by atoms with Crippen LogP contribution in [0.15, 0.2) is 41.8 Å². The van der Waals surface area contributed by atoms with Crippen LogP contribution < -0.4 is 10.0 Å². The Hall–Kier alpha value is -2.71. The molecule has 28 heavy (non-hydrogen) atoms. The number of anilines is 2. The third-order valence-corrected chi connectivity index (χ3v) is 5.61. The number of rotatable bonds is 5. The predicted molar refractivity (Wildman–Crippen MR) is 115 cm³/mol. The van der Waals surface area contributed by atoms with Crippen LogP contribution in [0, 0.1) is 20.8 Å². The van der Waals surface area contributed by atoms with Gasteiger partial charge in [-0.3, -0.25) is 9.52 Å². The molecule has 3 aromatic rings. The van der Waals surface area contributed by atoms with Gasteiger partial charge in [0.2, 0.25) is 10.0 Å². The van der Waals surface area contributed by atoms with Crippen molar-refractivity contribution in [3.05, 3.63) is 64.2 Å². The number of carbonyl (C=O) groups excluding carboxylic acids is 1. The largest absolute Gasteiger partial charge is 0.321 e. The zero-order valence-corrected chi connectivity index (χ0v) is 17.7. The summed E-state index contributed by atoms with van der Waals surface area (Å²) in [7, 11) is -3.40. The van der Waals surface area contributed by atoms with E-state index >= 15 is 0 Å². The van der Waals surface area contributed by atoms with Crippen LogP contribution in [0.4, 0.5) is 11.4 Å². The van der Waals surface area contributed by atoms with E-state index in [1.165, 1.54) is 16.9 Å². The summed E-state index contributed by atoms with van der Waals surface area (Å²) in [5.74, 6) is -0.346. The summed E-state index contributed by atoms with van der Waals surface area (Å²) in [5, 5.41) is 5.27. The highest BCUT2D eigenvalue weighted by atomic mass is 32.2. The highest BCUT2D eigenvalue weighted by Gasteiger charge is 2.14. The number of hydrogen-bond donors (Lipinski definition) is 2. The van der Waals surface area contributed by atoms with Crippen molar-refractivity contribution < 1.29 is 13.2 Å². The van der Waals surface area contributed by atoms with Crippen molar-refractivity contribution in [2.24, 2.45) is 0 Å². The van der Waals surface area contributed by atoms with E-state index in [0.717, 1.165) is 28.0 Å². The second kappa shape index (κ2) is 7.73. The first kappa shape index (κ1) is 20.0. The number of aryl methyl sites for hydroxylation is 3. The quantitative estimate of drug-likeness (QED) is 0.648. The topological polar surface area (TPSA) is 88.2 Å². The van der Waals surface area contributed by atoms with Crippen LogP contribution in [0.25, 0.3) is 10.6 Å². The average molecular weight is 416 g/mol. The molecule has 0 aliphatic rings. The van der Waals surface area contributed by atoms with Gasteiger partial charge in [-0.2, -0.15) is 0 Å². The van der Waals surface area contributed by atoms with Gasteiger partial charge >= 0.3 is 0 Å². The van der Waals surface area contributed by atoms with Crippen LogP contribution in [0.2, 0.25) is 0 Å². The van der Waals surface area contributed by atoms with Crippen LogP contribution in [-0.2, 0) is 10.0 Å². The van der Waals surface area contributed by atoms with Crippen molar-refractivity contribution in [2.45, 2.75) is 20.8 Å². The molecular weight excluding hydrogens is 394 g/mol. The summed E-state index contributed by atoms with van der Waals surface area (Å²) in [6.45, 7) is 5.84. The summed E-state index contributed by atoms with van der Waals surface area (Å²) in [4.78, 5) is 17.0. The first-order valence-corrected chi connectivity index (χ1v) is 11.3. The number of carbonyl (C=O) groups is 1. The van der Waals surface area contributed by atoms with Gasteiger partial charge < -0.3 is 5.32 Å². The Labute approximate surface area is 168 Å². The second-order valence-electron chi connectivity index (χ2n) is 6.71. The standard InChI is InChI=1S/C20H21N3O3S2/c1-12-5-8-16(14(3)9-12)20-22-18(11-27-20)19(24)21-15-7-6-13(2)17(10-15)23-28(4,25)26/h5-11,23H,1-4H3,(H,21,24). The molecule has 2 N–H and O–H groups in total. The van der Waals surface area contributed by atoms with Gasteiger partial charge in [-0.15, -0.1) is 11.3 Å². The smallest absolute Gasteiger partial charge is 0.275 e. The summed E-state index contributed by atoms with van der Waals surface area (Å²) < 4.78 is 25.4. The number of amides is 1. The molecular formula is C20H21N3O3S2. The monoisotopic (exact) mass is 415 g/mol. The fraction of sp³-hybridized carbons (Fsp3) is 0.200. The molecule has 3 rings (SSSR count). The molecule has 6 nitrogen and oxygen atoms in total. The zero-order valence-electron chi connectivity index (χ0n) is 16.0. The van der Waals surface area contributed by atoms with Crippen molar-refractivity contribution in [1.82, 2.24) is 4.98 Å². The third kappa shape index (κ3) is 4.76. The van der Waals surface area contributed by atoms with Gasteiger partial charge in [0.1, 0.15) is 10.7 Å². The van der Waals surface area contributed by atoms with E-state index in [-0.39, 0.29) is 5.91 Å². The number of sulfonamides is 1. The highest BCUT2D eigenvalue weighted by Crippen LogP contribution is 2.28. The summed E-state index contributed by atoms with van der Waals surface area (Å²) in [6.07, 6.45) is 1.08. The first-order chi connectivity index (χ1) is 13.1. The van der Waals surface area contributed by atoms with Crippen molar-refractivity contribution in [3.63, 3.8) is 0 Å². The Morgan fingerprint density at radius 1 is 1.04 bits per heavy atom. The molecule has 0 aliphatic carbocycles. The fourth-order valence-corrected chi connectivity index (χ4v) is 4.27. The molecule has 0 unspecified atom stereocenters. The Morgan fingerprint density at radius 2 is 1.79 bits per heavy atom. The maximum Gasteiger partial charge on any atom is 0.275 e. The van der Waals surface area contributed by atoms with E-state index in [0.29, 0.717) is 17.1 Å². The van der Waals surface area contributed by atoms with Crippen molar-refractivity contribution in [2.75, 3.05) is 16.3 Å². The minimum Gasteiger partial charge on any atom is -0.321 e. The minimum absolute atomic E-state index is 0.318. The first-order valence-electron chi connectivity index (χ1n) is 8.55. The van der Waals surface area contributed by atoms with E-state index < -0.39 is 10.0 Å². The van der Waals surface area contributed by atoms with Crippen LogP contribution in [-0.4, -0.2) is 25.6 Å². The van der Waals surface area contributed by atoms with Crippen LogP contribution in [0.1, 0.15) is 27.2 Å². The molecule has 2 aromatic carbocycles. The van der Waals surface area contributed by atoms with Crippen molar-refractivity contribution in [3.8, 4) is 10.6 Å². The van der Waals surface area contributed by atoms with E-state index in [1.807, 2.05) is 26.0 Å². The molecule has 0 radical (unpaired) electrons. The Morgan fingerprint density at radius 3 is 2.46 bits per heavy atom. The number of benzene rings is 2. The lowest BCUT2D eigenvalue weighted by Gasteiger charge is -2.10. The van der Waals surface area contributed by atoms with E-state index in [2.05, 4.69) is 21.1 Å². The number of nitrogens with zero attached hydrogens (tertiary/aromatic N) is 1. The maximum absolute atomic E-state index is 12.6. The van der Waals surface area contributed by atoms with Crippen LogP contribution >= 0.6 is 11.3 Å². The third-order valence-electron chi connectivity index (χ3n) is 4.14. The zero-order chi connectivity index (χ0) is 20.5. The normalized spacial score (nSPS) is 11.3. The molecule has 0 spiro atoms. The van der Waals surface area contributed by atoms with E-state index in [1.54, 1.807) is 30.5 Å². The Balaban J connectivity index is 1.81. The van der Waals surface area contributed by atoms with E-state index in [9.17, 15) is 13.2 Å². The number of aromatic nitrogens is 1. The van der Waals surface area contributed by atoms with Crippen molar-refractivity contribution in [1.29, 1.82) is 0 Å². The van der Waals surface area contributed by atoms with Gasteiger partial charge in [0.05, 0.1) is 11.9 Å². The minimum atomic E-state index is -3.40. The molecule has 0 bridgehead atoms. The van der Waals surface area contributed by atoms with Gasteiger partial charge in [0.25, 0.3) is 5.91 Å². The Kier molecular flexibility index (Phi) is 5.53. The van der Waals surface area contributed by atoms with E-state index in [4.69, 9.17) is 0 Å². The SMILES string of the molecule is Cc1ccc(-c2nc(C(=O)Nc3ccc(C)c(NS(C)(=O)=O)c3)cs2)c(C)c1. The molecule has 0 aliphatic heterocycles. The van der Waals surface area contributed by atoms with Gasteiger partial charge in [-0.05, 0) is 44.0 Å². The molecule has 8 heteroatoms. The molecule has 1 heterocycles. The lowest BCUT2D eigenvalue weighted by molar-refractivity contribution is 0.102. The lowest BCUT2D eigenvalue weighted by atomic mass is 10.1. The van der Waals surface area contributed by atoms with Gasteiger partial charge in [-0.25, -0.2) is 13.4 Å². The van der Waals surface area contributed by atoms with Crippen molar-refractivity contribution >= 4 is 38.6 Å². The molecule has 1 amide bonds. The van der Waals surface area contributed by atoms with Gasteiger partial charge in [-0.1, -0.05) is 29.8 Å². The summed E-state index contributed by atoms with van der Waals surface area (Å²) in [5.41, 5.74) is 5.28. The Bertz CT molecular complexity index is 1150. The number of nitrogens with one attached hydrogen (secondary N) is 2. The van der Waals surface area contributed by atoms with Crippen LogP contribution in [0.5, 0.6) is 0 Å². The average Bonchev–Trinajstić information content (AvgIpc) is 3.06. The van der Waals surface area contributed by atoms with Gasteiger partial charge in [0, 0.05) is 16.6 Å². The fourth-order valence-electron chi connectivity index (χ4n) is 2.76. The summed E-state index contributed by atoms with van der Waals surface area (Å²) in [6, 6.07) is 11.2. The number of thiazole rings is 1. The number of hydrogen-bond acceptors (Lipinski definition) is 5. The molecule has 0 saturated carbocycles. The molecule has 0 saturated heterocycles. The molecule has 0 atom stereocenters. The maximum atomic E-state index is 12.6. The predicted octanol–water partition coefficient (Wildman–Crippen LogP) is 4.36. The second-order valence-corrected chi connectivity index (χ2v) is 9.32. The molecule has 1 aromatic heterocycles. The summed E-state index contributed by atoms with van der Waals surface area (Å²) >= 11 is 1.41. The molecule has 146 valence electrons. The molecule has 0 fully saturated rings.